The van der Waals surface area contributed by atoms with E-state index in [1.807, 2.05) is 66.9 Å². The minimum absolute atomic E-state index is 0.0132. The number of pyridine rings is 1. The van der Waals surface area contributed by atoms with Crippen molar-refractivity contribution in [3.05, 3.63) is 118 Å². The minimum Gasteiger partial charge on any atom is -0.478 e. The second-order valence-electron chi connectivity index (χ2n) is 6.84. The number of aromatic carboxylic acids is 1. The van der Waals surface area contributed by atoms with Crippen molar-refractivity contribution >= 4 is 16.7 Å². The SMILES string of the molecule is O=C(O)c1cccc(Cc2ccc3c(=O)n(Cc4ccccc4)ccc3c2)c1. The fraction of sp³-hybridized carbons (Fsp3) is 0.0833. The second kappa shape index (κ2) is 7.53. The normalized spacial score (nSPS) is 10.9. The maximum atomic E-state index is 12.8. The van der Waals surface area contributed by atoms with E-state index in [-0.39, 0.29) is 11.1 Å². The minimum atomic E-state index is -0.931. The molecule has 0 fully saturated rings. The van der Waals surface area contributed by atoms with Gasteiger partial charge in [-0.2, -0.15) is 0 Å². The highest BCUT2D eigenvalue weighted by Gasteiger charge is 2.07. The van der Waals surface area contributed by atoms with Gasteiger partial charge in [0.15, 0.2) is 0 Å². The van der Waals surface area contributed by atoms with Crippen LogP contribution >= 0.6 is 0 Å². The van der Waals surface area contributed by atoms with E-state index in [1.54, 1.807) is 22.8 Å². The van der Waals surface area contributed by atoms with Gasteiger partial charge < -0.3 is 9.67 Å². The molecule has 4 nitrogen and oxygen atoms in total. The average Bonchev–Trinajstić information content (AvgIpc) is 2.71. The Balaban J connectivity index is 1.63. The summed E-state index contributed by atoms with van der Waals surface area (Å²) in [7, 11) is 0. The molecular formula is C24H19NO3. The lowest BCUT2D eigenvalue weighted by molar-refractivity contribution is 0.0696. The number of hydrogen-bond acceptors (Lipinski definition) is 2. The van der Waals surface area contributed by atoms with E-state index in [2.05, 4.69) is 0 Å². The molecule has 0 saturated heterocycles. The molecule has 0 unspecified atom stereocenters. The van der Waals surface area contributed by atoms with Gasteiger partial charge in [-0.15, -0.1) is 0 Å². The highest BCUT2D eigenvalue weighted by Crippen LogP contribution is 2.17. The van der Waals surface area contributed by atoms with E-state index in [4.69, 9.17) is 5.11 Å². The molecule has 3 aromatic carbocycles. The summed E-state index contributed by atoms with van der Waals surface area (Å²) in [6.45, 7) is 0.541. The van der Waals surface area contributed by atoms with Crippen LogP contribution < -0.4 is 5.56 Å². The number of carboxylic acid groups (broad SMARTS) is 1. The van der Waals surface area contributed by atoms with Crippen molar-refractivity contribution in [2.24, 2.45) is 0 Å². The van der Waals surface area contributed by atoms with Gasteiger partial charge in [0.1, 0.15) is 0 Å². The maximum Gasteiger partial charge on any atom is 0.335 e. The number of carbonyl (C=O) groups is 1. The van der Waals surface area contributed by atoms with Gasteiger partial charge in [-0.25, -0.2) is 4.79 Å². The number of nitrogens with zero attached hydrogens (tertiary/aromatic N) is 1. The summed E-state index contributed by atoms with van der Waals surface area (Å²) in [4.78, 5) is 24.0. The summed E-state index contributed by atoms with van der Waals surface area (Å²) in [5.41, 5.74) is 3.31. The zero-order chi connectivity index (χ0) is 19.5. The molecule has 4 heteroatoms. The lowest BCUT2D eigenvalue weighted by Crippen LogP contribution is -2.20. The van der Waals surface area contributed by atoms with Crippen LogP contribution in [0.15, 0.2) is 89.9 Å². The summed E-state index contributed by atoms with van der Waals surface area (Å²) in [6, 6.07) is 24.6. The number of rotatable bonds is 5. The molecule has 1 aromatic heterocycles. The fourth-order valence-corrected chi connectivity index (χ4v) is 3.40. The van der Waals surface area contributed by atoms with Gasteiger partial charge in [0.2, 0.25) is 0 Å². The van der Waals surface area contributed by atoms with E-state index < -0.39 is 5.97 Å². The van der Waals surface area contributed by atoms with E-state index >= 15 is 0 Å². The van der Waals surface area contributed by atoms with Crippen LogP contribution in [0.25, 0.3) is 10.8 Å². The molecular weight excluding hydrogens is 350 g/mol. The van der Waals surface area contributed by atoms with Crippen molar-refractivity contribution < 1.29 is 9.90 Å². The first kappa shape index (κ1) is 17.7. The molecule has 0 atom stereocenters. The molecule has 0 radical (unpaired) electrons. The number of hydrogen-bond donors (Lipinski definition) is 1. The molecule has 0 spiro atoms. The smallest absolute Gasteiger partial charge is 0.335 e. The molecule has 0 amide bonds. The zero-order valence-corrected chi connectivity index (χ0v) is 15.2. The predicted molar refractivity (Wildman–Crippen MR) is 110 cm³/mol. The third kappa shape index (κ3) is 3.71. The second-order valence-corrected chi connectivity index (χ2v) is 6.84. The van der Waals surface area contributed by atoms with Gasteiger partial charge in [0, 0.05) is 11.6 Å². The molecule has 28 heavy (non-hydrogen) atoms. The largest absolute Gasteiger partial charge is 0.478 e. The number of aromatic nitrogens is 1. The van der Waals surface area contributed by atoms with Crippen LogP contribution in [-0.4, -0.2) is 15.6 Å². The first-order valence-electron chi connectivity index (χ1n) is 9.08. The quantitative estimate of drug-likeness (QED) is 0.569. The van der Waals surface area contributed by atoms with Crippen LogP contribution in [0.1, 0.15) is 27.0 Å². The molecule has 0 aliphatic carbocycles. The highest BCUT2D eigenvalue weighted by atomic mass is 16.4. The number of fused-ring (bicyclic) bond motifs is 1. The van der Waals surface area contributed by atoms with Crippen molar-refractivity contribution in [3.8, 4) is 0 Å². The first-order valence-corrected chi connectivity index (χ1v) is 9.08. The van der Waals surface area contributed by atoms with Gasteiger partial charge in [-0.3, -0.25) is 4.79 Å². The summed E-state index contributed by atoms with van der Waals surface area (Å²) in [5.74, 6) is -0.931. The number of carboxylic acids is 1. The summed E-state index contributed by atoms with van der Waals surface area (Å²) in [5, 5.41) is 10.7. The third-order valence-corrected chi connectivity index (χ3v) is 4.82. The summed E-state index contributed by atoms with van der Waals surface area (Å²) >= 11 is 0. The van der Waals surface area contributed by atoms with E-state index in [0.29, 0.717) is 18.4 Å². The average molecular weight is 369 g/mol. The third-order valence-electron chi connectivity index (χ3n) is 4.82. The zero-order valence-electron chi connectivity index (χ0n) is 15.2. The van der Waals surface area contributed by atoms with E-state index in [9.17, 15) is 9.59 Å². The van der Waals surface area contributed by atoms with Gasteiger partial charge >= 0.3 is 5.97 Å². The molecule has 4 rings (SSSR count). The van der Waals surface area contributed by atoms with Crippen molar-refractivity contribution in [2.45, 2.75) is 13.0 Å². The van der Waals surface area contributed by atoms with Crippen LogP contribution in [0, 0.1) is 0 Å². The monoisotopic (exact) mass is 369 g/mol. The Morgan fingerprint density at radius 1 is 0.821 bits per heavy atom. The Morgan fingerprint density at radius 3 is 2.36 bits per heavy atom. The first-order chi connectivity index (χ1) is 13.6. The molecule has 138 valence electrons. The van der Waals surface area contributed by atoms with Crippen molar-refractivity contribution in [1.82, 2.24) is 4.57 Å². The summed E-state index contributed by atoms with van der Waals surface area (Å²) in [6.07, 6.45) is 2.44. The topological polar surface area (TPSA) is 59.3 Å². The van der Waals surface area contributed by atoms with Gasteiger partial charge in [-0.05, 0) is 52.8 Å². The standard InChI is InChI=1S/C24H19NO3/c26-23-22-10-9-19(13-18-7-4-8-21(15-18)24(27)28)14-20(22)11-12-25(23)16-17-5-2-1-3-6-17/h1-12,14-15H,13,16H2,(H,27,28). The predicted octanol–water partition coefficient (Wildman–Crippen LogP) is 4.34. The van der Waals surface area contributed by atoms with E-state index in [0.717, 1.165) is 22.1 Å². The van der Waals surface area contributed by atoms with Crippen LogP contribution in [0.3, 0.4) is 0 Å². The maximum absolute atomic E-state index is 12.8. The molecule has 1 N–H and O–H groups in total. The Hall–Kier alpha value is -3.66. The van der Waals surface area contributed by atoms with Gasteiger partial charge in [-0.1, -0.05) is 54.6 Å². The van der Waals surface area contributed by atoms with Crippen molar-refractivity contribution in [1.29, 1.82) is 0 Å². The molecule has 0 aliphatic rings. The van der Waals surface area contributed by atoms with Crippen LogP contribution in [0.4, 0.5) is 0 Å². The van der Waals surface area contributed by atoms with Gasteiger partial charge in [0.05, 0.1) is 12.1 Å². The lowest BCUT2D eigenvalue weighted by atomic mass is 10.0. The van der Waals surface area contributed by atoms with Crippen LogP contribution in [-0.2, 0) is 13.0 Å². The Bertz CT molecular complexity index is 1210. The van der Waals surface area contributed by atoms with Gasteiger partial charge in [0.25, 0.3) is 5.56 Å². The molecule has 4 aromatic rings. The van der Waals surface area contributed by atoms with Crippen molar-refractivity contribution in [2.75, 3.05) is 0 Å². The summed E-state index contributed by atoms with van der Waals surface area (Å²) < 4.78 is 1.72. The molecule has 0 bridgehead atoms. The molecule has 0 saturated carbocycles. The van der Waals surface area contributed by atoms with Crippen LogP contribution in [0.5, 0.6) is 0 Å². The fourth-order valence-electron chi connectivity index (χ4n) is 3.40. The Kier molecular flexibility index (Phi) is 4.77. The lowest BCUT2D eigenvalue weighted by Gasteiger charge is -2.09. The molecule has 0 aliphatic heterocycles. The van der Waals surface area contributed by atoms with Crippen LogP contribution in [0.2, 0.25) is 0 Å². The van der Waals surface area contributed by atoms with E-state index in [1.165, 1.54) is 0 Å². The number of benzene rings is 3. The molecule has 1 heterocycles. The Labute approximate surface area is 162 Å². The Morgan fingerprint density at radius 2 is 1.57 bits per heavy atom. The van der Waals surface area contributed by atoms with Crippen molar-refractivity contribution in [3.63, 3.8) is 0 Å². The highest BCUT2D eigenvalue weighted by molar-refractivity contribution is 5.87.